The Hall–Kier alpha value is -1.00. The number of halogens is 3. The van der Waals surface area contributed by atoms with Crippen LogP contribution in [0.4, 0.5) is 0 Å². The summed E-state index contributed by atoms with van der Waals surface area (Å²) >= 11 is 18.1. The van der Waals surface area contributed by atoms with Crippen molar-refractivity contribution in [2.45, 2.75) is 25.5 Å². The van der Waals surface area contributed by atoms with Crippen molar-refractivity contribution in [1.29, 1.82) is 0 Å². The second-order valence-corrected chi connectivity index (χ2v) is 5.82. The minimum absolute atomic E-state index is 0.195. The van der Waals surface area contributed by atoms with Gasteiger partial charge in [0.1, 0.15) is 11.9 Å². The summed E-state index contributed by atoms with van der Waals surface area (Å²) in [6.45, 7) is 1.99. The number of nitrogens with two attached hydrogens (primary N) is 1. The molecule has 1 heterocycles. The van der Waals surface area contributed by atoms with E-state index in [1.54, 1.807) is 24.5 Å². The first kappa shape index (κ1) is 16.4. The summed E-state index contributed by atoms with van der Waals surface area (Å²) in [4.78, 5) is 4.10. The van der Waals surface area contributed by atoms with Gasteiger partial charge in [0.05, 0.1) is 15.1 Å². The number of aromatic nitrogens is 1. The maximum Gasteiger partial charge on any atom is 0.140 e. The molecule has 0 radical (unpaired) electrons. The minimum atomic E-state index is -0.363. The highest BCUT2D eigenvalue weighted by atomic mass is 35.5. The first-order chi connectivity index (χ1) is 10.0. The number of ether oxygens (including phenoxy) is 1. The topological polar surface area (TPSA) is 48.1 Å². The fraction of sp³-hybridized carbons (Fsp3) is 0.267. The molecule has 3 nitrogen and oxygen atoms in total. The zero-order valence-electron chi connectivity index (χ0n) is 11.4. The second kappa shape index (κ2) is 7.32. The van der Waals surface area contributed by atoms with Gasteiger partial charge in [0.15, 0.2) is 0 Å². The van der Waals surface area contributed by atoms with Crippen molar-refractivity contribution >= 4 is 34.8 Å². The molecule has 2 atom stereocenters. The van der Waals surface area contributed by atoms with E-state index in [-0.39, 0.29) is 12.1 Å². The lowest BCUT2D eigenvalue weighted by molar-refractivity contribution is 0.171. The Balaban J connectivity index is 2.34. The van der Waals surface area contributed by atoms with Gasteiger partial charge in [-0.1, -0.05) is 47.8 Å². The minimum Gasteiger partial charge on any atom is -0.482 e. The molecule has 112 valence electrons. The molecule has 0 aliphatic rings. The Morgan fingerprint density at radius 1 is 1.19 bits per heavy atom. The van der Waals surface area contributed by atoms with Crippen LogP contribution in [0.2, 0.25) is 15.1 Å². The molecule has 0 aliphatic carbocycles. The lowest BCUT2D eigenvalue weighted by Gasteiger charge is -2.25. The first-order valence-electron chi connectivity index (χ1n) is 6.49. The number of nitrogens with zero attached hydrogens (tertiary/aromatic N) is 1. The van der Waals surface area contributed by atoms with Crippen LogP contribution in [0, 0.1) is 0 Å². The molecular formula is C15H15Cl3N2O. The summed E-state index contributed by atoms with van der Waals surface area (Å²) in [5.74, 6) is 0.448. The van der Waals surface area contributed by atoms with Crippen LogP contribution in [0.25, 0.3) is 0 Å². The standard InChI is InChI=1S/C15H15Cl3N2O/c1-2-13(19)15(9-4-3-5-20-8-9)21-14-7-11(17)10(16)6-12(14)18/h3-8,13,15H,2,19H2,1H3. The highest BCUT2D eigenvalue weighted by Gasteiger charge is 2.22. The lowest BCUT2D eigenvalue weighted by Crippen LogP contribution is -2.31. The Morgan fingerprint density at radius 2 is 1.90 bits per heavy atom. The SMILES string of the molecule is CCC(N)C(Oc1cc(Cl)c(Cl)cc1Cl)c1cccnc1. The van der Waals surface area contributed by atoms with Crippen LogP contribution in [0.15, 0.2) is 36.7 Å². The summed E-state index contributed by atoms with van der Waals surface area (Å²) < 4.78 is 5.98. The van der Waals surface area contributed by atoms with Crippen LogP contribution < -0.4 is 10.5 Å². The summed E-state index contributed by atoms with van der Waals surface area (Å²) in [7, 11) is 0. The molecule has 2 rings (SSSR count). The van der Waals surface area contributed by atoms with Crippen molar-refractivity contribution in [3.63, 3.8) is 0 Å². The maximum absolute atomic E-state index is 6.16. The molecule has 2 aromatic rings. The summed E-state index contributed by atoms with van der Waals surface area (Å²) in [6, 6.07) is 6.71. The predicted octanol–water partition coefficient (Wildman–Crippen LogP) is 4.90. The number of hydrogen-bond acceptors (Lipinski definition) is 3. The molecule has 0 aliphatic heterocycles. The molecule has 0 saturated carbocycles. The zero-order valence-corrected chi connectivity index (χ0v) is 13.7. The number of rotatable bonds is 5. The summed E-state index contributed by atoms with van der Waals surface area (Å²) in [5.41, 5.74) is 7.04. The van der Waals surface area contributed by atoms with E-state index in [1.165, 1.54) is 0 Å². The molecule has 0 fully saturated rings. The lowest BCUT2D eigenvalue weighted by atomic mass is 10.0. The molecule has 6 heteroatoms. The van der Waals surface area contributed by atoms with Crippen molar-refractivity contribution in [3.05, 3.63) is 57.3 Å². The summed E-state index contributed by atoms with van der Waals surface area (Å²) in [6.07, 6.45) is 3.81. The van der Waals surface area contributed by atoms with Crippen molar-refractivity contribution < 1.29 is 4.74 Å². The Bertz CT molecular complexity index is 607. The van der Waals surface area contributed by atoms with Gasteiger partial charge in [-0.2, -0.15) is 0 Å². The fourth-order valence-electron chi connectivity index (χ4n) is 1.89. The van der Waals surface area contributed by atoms with E-state index >= 15 is 0 Å². The third-order valence-electron chi connectivity index (χ3n) is 3.10. The Labute approximate surface area is 139 Å². The average Bonchev–Trinajstić information content (AvgIpc) is 2.49. The molecule has 2 unspecified atom stereocenters. The monoisotopic (exact) mass is 344 g/mol. The zero-order chi connectivity index (χ0) is 15.4. The van der Waals surface area contributed by atoms with Crippen molar-refractivity contribution in [3.8, 4) is 5.75 Å². The van der Waals surface area contributed by atoms with Crippen LogP contribution in [0.1, 0.15) is 25.0 Å². The average molecular weight is 346 g/mol. The van der Waals surface area contributed by atoms with E-state index in [2.05, 4.69) is 4.98 Å². The van der Waals surface area contributed by atoms with E-state index in [0.717, 1.165) is 12.0 Å². The van der Waals surface area contributed by atoms with Gasteiger partial charge < -0.3 is 10.5 Å². The molecule has 0 saturated heterocycles. The fourth-order valence-corrected chi connectivity index (χ4v) is 2.47. The normalized spacial score (nSPS) is 13.8. The van der Waals surface area contributed by atoms with E-state index in [9.17, 15) is 0 Å². The highest BCUT2D eigenvalue weighted by molar-refractivity contribution is 6.43. The molecule has 21 heavy (non-hydrogen) atoms. The maximum atomic E-state index is 6.16. The van der Waals surface area contributed by atoms with Crippen LogP contribution in [-0.2, 0) is 0 Å². The number of benzene rings is 1. The summed E-state index contributed by atoms with van der Waals surface area (Å²) in [5, 5.41) is 1.15. The number of hydrogen-bond donors (Lipinski definition) is 1. The van der Waals surface area contributed by atoms with E-state index in [4.69, 9.17) is 45.3 Å². The first-order valence-corrected chi connectivity index (χ1v) is 7.63. The van der Waals surface area contributed by atoms with Gasteiger partial charge in [0, 0.05) is 30.1 Å². The predicted molar refractivity (Wildman–Crippen MR) is 87.3 cm³/mol. The molecular weight excluding hydrogens is 331 g/mol. The third-order valence-corrected chi connectivity index (χ3v) is 4.12. The second-order valence-electron chi connectivity index (χ2n) is 4.59. The smallest absolute Gasteiger partial charge is 0.140 e. The van der Waals surface area contributed by atoms with E-state index < -0.39 is 0 Å². The highest BCUT2D eigenvalue weighted by Crippen LogP contribution is 2.36. The van der Waals surface area contributed by atoms with Gasteiger partial charge in [-0.3, -0.25) is 4.98 Å². The molecule has 0 amide bonds. The van der Waals surface area contributed by atoms with Gasteiger partial charge in [0.2, 0.25) is 0 Å². The quantitative estimate of drug-likeness (QED) is 0.784. The molecule has 0 spiro atoms. The van der Waals surface area contributed by atoms with Gasteiger partial charge in [-0.05, 0) is 18.6 Å². The van der Waals surface area contributed by atoms with Crippen LogP contribution in [-0.4, -0.2) is 11.0 Å². The molecule has 0 bridgehead atoms. The van der Waals surface area contributed by atoms with Crippen molar-refractivity contribution in [2.24, 2.45) is 5.73 Å². The van der Waals surface area contributed by atoms with Gasteiger partial charge in [0.25, 0.3) is 0 Å². The van der Waals surface area contributed by atoms with Crippen LogP contribution >= 0.6 is 34.8 Å². The van der Waals surface area contributed by atoms with E-state index in [0.29, 0.717) is 20.8 Å². The molecule has 2 N–H and O–H groups in total. The third kappa shape index (κ3) is 4.01. The molecule has 1 aromatic carbocycles. The van der Waals surface area contributed by atoms with Crippen molar-refractivity contribution in [2.75, 3.05) is 0 Å². The van der Waals surface area contributed by atoms with Crippen LogP contribution in [0.3, 0.4) is 0 Å². The van der Waals surface area contributed by atoms with Gasteiger partial charge in [-0.15, -0.1) is 0 Å². The number of pyridine rings is 1. The van der Waals surface area contributed by atoms with Gasteiger partial charge in [-0.25, -0.2) is 0 Å². The van der Waals surface area contributed by atoms with Crippen molar-refractivity contribution in [1.82, 2.24) is 4.98 Å². The Morgan fingerprint density at radius 3 is 2.52 bits per heavy atom. The van der Waals surface area contributed by atoms with E-state index in [1.807, 2.05) is 19.1 Å². The molecule has 1 aromatic heterocycles. The largest absolute Gasteiger partial charge is 0.482 e. The Kier molecular flexibility index (Phi) is 5.71. The van der Waals surface area contributed by atoms with Crippen LogP contribution in [0.5, 0.6) is 5.75 Å². The van der Waals surface area contributed by atoms with Gasteiger partial charge >= 0.3 is 0 Å².